The number of ether oxygens (including phenoxy) is 1. The molecule has 1 aromatic rings. The smallest absolute Gasteiger partial charge is 0.338 e. The first kappa shape index (κ1) is 14.0. The lowest BCUT2D eigenvalue weighted by Crippen LogP contribution is -2.06. The van der Waals surface area contributed by atoms with Gasteiger partial charge in [-0.25, -0.2) is 4.79 Å². The van der Waals surface area contributed by atoms with Crippen LogP contribution in [0.25, 0.3) is 0 Å². The van der Waals surface area contributed by atoms with Crippen molar-refractivity contribution in [2.75, 3.05) is 6.61 Å². The number of hydrogen-bond donors (Lipinski definition) is 0. The molecule has 0 amide bonds. The predicted octanol–water partition coefficient (Wildman–Crippen LogP) is 3.92. The van der Waals surface area contributed by atoms with Gasteiger partial charge in [0.15, 0.2) is 0 Å². The van der Waals surface area contributed by atoms with E-state index in [1.54, 1.807) is 24.3 Å². The van der Waals surface area contributed by atoms with E-state index in [0.717, 1.165) is 18.4 Å². The molecule has 0 radical (unpaired) electrons. The molecule has 2 nitrogen and oxygen atoms in total. The van der Waals surface area contributed by atoms with Crippen LogP contribution in [0.3, 0.4) is 0 Å². The number of carbonyl (C=O) groups is 1. The van der Waals surface area contributed by atoms with Gasteiger partial charge in [-0.3, -0.25) is 0 Å². The quantitative estimate of drug-likeness (QED) is 0.313. The molecule has 94 valence electrons. The first-order valence-electron chi connectivity index (χ1n) is 5.91. The molecule has 1 aromatic carbocycles. The van der Waals surface area contributed by atoms with E-state index in [4.69, 9.17) is 4.74 Å². The Balaban J connectivity index is 2.32. The maximum atomic E-state index is 11.6. The minimum Gasteiger partial charge on any atom is -0.457 e. The summed E-state index contributed by atoms with van der Waals surface area (Å²) in [6.07, 6.45) is 7.60. The number of esters is 1. The highest BCUT2D eigenvalue weighted by atomic mass is 16.5. The van der Waals surface area contributed by atoms with Gasteiger partial charge in [0.25, 0.3) is 0 Å². The van der Waals surface area contributed by atoms with Gasteiger partial charge in [0, 0.05) is 0 Å². The molecule has 0 saturated carbocycles. The first-order chi connectivity index (χ1) is 8.74. The van der Waals surface area contributed by atoms with Crippen LogP contribution < -0.4 is 0 Å². The zero-order valence-corrected chi connectivity index (χ0v) is 10.5. The van der Waals surface area contributed by atoms with Crippen LogP contribution >= 0.6 is 0 Å². The molecule has 0 N–H and O–H groups in total. The average molecular weight is 242 g/mol. The monoisotopic (exact) mass is 242 g/mol. The molecular formula is C16H18O2. The van der Waals surface area contributed by atoms with Crippen LogP contribution in [-0.4, -0.2) is 12.6 Å². The van der Waals surface area contributed by atoms with E-state index < -0.39 is 0 Å². The molecule has 0 aliphatic rings. The third kappa shape index (κ3) is 5.30. The van der Waals surface area contributed by atoms with Crippen molar-refractivity contribution in [3.8, 4) is 0 Å². The molecule has 18 heavy (non-hydrogen) atoms. The Morgan fingerprint density at radius 1 is 1.22 bits per heavy atom. The van der Waals surface area contributed by atoms with Crippen molar-refractivity contribution in [3.05, 3.63) is 72.9 Å². The molecule has 0 heterocycles. The number of unbranched alkanes of at least 4 members (excludes halogenated alkanes) is 1. The topological polar surface area (TPSA) is 26.3 Å². The Kier molecular flexibility index (Phi) is 6.26. The van der Waals surface area contributed by atoms with Crippen LogP contribution in [0.1, 0.15) is 23.2 Å². The summed E-state index contributed by atoms with van der Waals surface area (Å²) in [7, 11) is 0. The maximum absolute atomic E-state index is 11.6. The molecule has 0 aliphatic heterocycles. The van der Waals surface area contributed by atoms with Crippen LogP contribution in [0, 0.1) is 0 Å². The second kappa shape index (κ2) is 8.07. The highest BCUT2D eigenvalue weighted by Crippen LogP contribution is 2.04. The maximum Gasteiger partial charge on any atom is 0.338 e. The lowest BCUT2D eigenvalue weighted by molar-refractivity contribution is 0.0543. The number of benzene rings is 1. The predicted molar refractivity (Wildman–Crippen MR) is 74.4 cm³/mol. The largest absolute Gasteiger partial charge is 0.457 e. The van der Waals surface area contributed by atoms with Crippen molar-refractivity contribution >= 4 is 5.97 Å². The normalized spacial score (nSPS) is 10.2. The van der Waals surface area contributed by atoms with Gasteiger partial charge in [-0.2, -0.15) is 0 Å². The summed E-state index contributed by atoms with van der Waals surface area (Å²) in [5, 5.41) is 0. The molecule has 2 heteroatoms. The van der Waals surface area contributed by atoms with Crippen molar-refractivity contribution in [1.29, 1.82) is 0 Å². The number of carbonyl (C=O) groups excluding carboxylic acids is 1. The third-order valence-corrected chi connectivity index (χ3v) is 2.29. The number of hydrogen-bond acceptors (Lipinski definition) is 2. The van der Waals surface area contributed by atoms with Crippen molar-refractivity contribution in [2.24, 2.45) is 0 Å². The van der Waals surface area contributed by atoms with Gasteiger partial charge in [0.1, 0.15) is 6.61 Å². The minimum atomic E-state index is -0.323. The molecule has 0 saturated heterocycles. The summed E-state index contributed by atoms with van der Waals surface area (Å²) in [5.41, 5.74) is 1.34. The average Bonchev–Trinajstić information content (AvgIpc) is 2.42. The summed E-state index contributed by atoms with van der Waals surface area (Å²) in [6.45, 7) is 7.69. The Morgan fingerprint density at radius 3 is 2.61 bits per heavy atom. The third-order valence-electron chi connectivity index (χ3n) is 2.29. The fourth-order valence-electron chi connectivity index (χ4n) is 1.33. The molecule has 0 aromatic heterocycles. The summed E-state index contributed by atoms with van der Waals surface area (Å²) < 4.78 is 5.14. The number of rotatable bonds is 7. The Hall–Kier alpha value is -2.09. The van der Waals surface area contributed by atoms with E-state index in [1.807, 2.05) is 24.3 Å². The SMILES string of the molecule is C=CCC/C=C/C(=C)COC(=O)c1ccccc1. The van der Waals surface area contributed by atoms with Gasteiger partial charge in [-0.05, 0) is 30.5 Å². The van der Waals surface area contributed by atoms with Gasteiger partial charge in [0.05, 0.1) is 5.56 Å². The molecule has 1 rings (SSSR count). The van der Waals surface area contributed by atoms with Crippen LogP contribution in [0.5, 0.6) is 0 Å². The lowest BCUT2D eigenvalue weighted by atomic mass is 10.2. The van der Waals surface area contributed by atoms with Crippen LogP contribution in [0.4, 0.5) is 0 Å². The van der Waals surface area contributed by atoms with Gasteiger partial charge in [-0.1, -0.05) is 43.0 Å². The Morgan fingerprint density at radius 2 is 1.94 bits per heavy atom. The summed E-state index contributed by atoms with van der Waals surface area (Å²) in [5.74, 6) is -0.323. The molecule has 0 bridgehead atoms. The number of allylic oxidation sites excluding steroid dienone is 2. The summed E-state index contributed by atoms with van der Waals surface area (Å²) in [4.78, 5) is 11.6. The lowest BCUT2D eigenvalue weighted by Gasteiger charge is -2.04. The summed E-state index contributed by atoms with van der Waals surface area (Å²) in [6, 6.07) is 8.93. The summed E-state index contributed by atoms with van der Waals surface area (Å²) >= 11 is 0. The standard InChI is InChI=1S/C16H18O2/c1-3-4-5-7-10-14(2)13-18-16(17)15-11-8-6-9-12-15/h3,6-12H,1-2,4-5,13H2/b10-7+. The van der Waals surface area contributed by atoms with Crippen molar-refractivity contribution in [1.82, 2.24) is 0 Å². The molecule has 0 aliphatic carbocycles. The molecule has 0 unspecified atom stereocenters. The van der Waals surface area contributed by atoms with E-state index in [-0.39, 0.29) is 12.6 Å². The zero-order chi connectivity index (χ0) is 13.2. The van der Waals surface area contributed by atoms with E-state index in [0.29, 0.717) is 5.56 Å². The fraction of sp³-hybridized carbons (Fsp3) is 0.188. The molecule has 0 spiro atoms. The Bertz CT molecular complexity index is 430. The fourth-order valence-corrected chi connectivity index (χ4v) is 1.33. The van der Waals surface area contributed by atoms with Gasteiger partial charge in [-0.15, -0.1) is 6.58 Å². The minimum absolute atomic E-state index is 0.221. The van der Waals surface area contributed by atoms with Crippen LogP contribution in [-0.2, 0) is 4.74 Å². The van der Waals surface area contributed by atoms with Crippen LogP contribution in [0.15, 0.2) is 67.3 Å². The van der Waals surface area contributed by atoms with E-state index in [2.05, 4.69) is 13.2 Å². The molecular weight excluding hydrogens is 224 g/mol. The highest BCUT2D eigenvalue weighted by Gasteiger charge is 2.05. The van der Waals surface area contributed by atoms with E-state index in [9.17, 15) is 4.79 Å². The highest BCUT2D eigenvalue weighted by molar-refractivity contribution is 5.89. The first-order valence-corrected chi connectivity index (χ1v) is 5.91. The van der Waals surface area contributed by atoms with Gasteiger partial charge < -0.3 is 4.74 Å². The van der Waals surface area contributed by atoms with E-state index in [1.165, 1.54) is 0 Å². The van der Waals surface area contributed by atoms with Gasteiger partial charge >= 0.3 is 5.97 Å². The van der Waals surface area contributed by atoms with Crippen LogP contribution in [0.2, 0.25) is 0 Å². The second-order valence-electron chi connectivity index (χ2n) is 3.87. The van der Waals surface area contributed by atoms with Gasteiger partial charge in [0.2, 0.25) is 0 Å². The van der Waals surface area contributed by atoms with Crippen molar-refractivity contribution in [2.45, 2.75) is 12.8 Å². The second-order valence-corrected chi connectivity index (χ2v) is 3.87. The zero-order valence-electron chi connectivity index (χ0n) is 10.5. The molecule has 0 atom stereocenters. The Labute approximate surface area is 108 Å². The van der Waals surface area contributed by atoms with E-state index >= 15 is 0 Å². The molecule has 0 fully saturated rings. The van der Waals surface area contributed by atoms with Crippen molar-refractivity contribution < 1.29 is 9.53 Å². The van der Waals surface area contributed by atoms with Crippen molar-refractivity contribution in [3.63, 3.8) is 0 Å².